The Bertz CT molecular complexity index is 371. The molecule has 0 heterocycles. The van der Waals surface area contributed by atoms with Crippen LogP contribution in [0, 0.1) is 11.3 Å². The number of carbonyl (C=O) groups excluding carboxylic acids is 1. The monoisotopic (exact) mass is 438 g/mol. The van der Waals surface area contributed by atoms with Crippen LogP contribution in [0.5, 0.6) is 0 Å². The average Bonchev–Trinajstić information content (AvgIpc) is 2.44. The molecule has 0 aromatic rings. The number of hydrogen-bond acceptors (Lipinski definition) is 2. The van der Waals surface area contributed by atoms with Crippen LogP contribution in [-0.2, 0) is 4.79 Å². The van der Waals surface area contributed by atoms with Crippen molar-refractivity contribution < 1.29 is 4.79 Å². The minimum Gasteiger partial charge on any atom is -0.357 e. The highest BCUT2D eigenvalue weighted by Crippen LogP contribution is 2.23. The van der Waals surface area contributed by atoms with Crippen LogP contribution in [-0.4, -0.2) is 37.5 Å². The summed E-state index contributed by atoms with van der Waals surface area (Å²) in [6.07, 6.45) is 5.01. The largest absolute Gasteiger partial charge is 0.357 e. The summed E-state index contributed by atoms with van der Waals surface area (Å²) in [6, 6.07) is 0.526. The van der Waals surface area contributed by atoms with Crippen molar-refractivity contribution in [1.29, 1.82) is 0 Å². The van der Waals surface area contributed by atoms with Crippen LogP contribution in [0.3, 0.4) is 0 Å². The summed E-state index contributed by atoms with van der Waals surface area (Å²) in [5.74, 6) is 1.79. The van der Waals surface area contributed by atoms with Crippen LogP contribution in [0.25, 0.3) is 0 Å². The fraction of sp³-hybridized carbons (Fsp3) is 0.882. The Kier molecular flexibility index (Phi) is 10.8. The Morgan fingerprint density at radius 1 is 1.13 bits per heavy atom. The fourth-order valence-electron chi connectivity index (χ4n) is 2.52. The molecule has 1 aliphatic carbocycles. The Hall–Kier alpha value is -0.530. The highest BCUT2D eigenvalue weighted by Gasteiger charge is 2.20. The Morgan fingerprint density at radius 2 is 1.74 bits per heavy atom. The molecule has 23 heavy (non-hydrogen) atoms. The molecule has 3 N–H and O–H groups in total. The molecule has 0 atom stereocenters. The first-order chi connectivity index (χ1) is 10.3. The third-order valence-electron chi connectivity index (χ3n) is 4.05. The van der Waals surface area contributed by atoms with Gasteiger partial charge in [0.05, 0.1) is 6.54 Å². The van der Waals surface area contributed by atoms with Crippen molar-refractivity contribution in [2.75, 3.05) is 19.6 Å². The van der Waals surface area contributed by atoms with Crippen molar-refractivity contribution in [2.45, 2.75) is 66.3 Å². The lowest BCUT2D eigenvalue weighted by molar-refractivity contribution is -0.128. The standard InChI is InChI=1S/C17H34N4O.HI/c1-6-18-16(21-14-9-7-13(2)8-10-14)20-12-11-19-15(22)17(3,4)5;/h13-14H,6-12H2,1-5H3,(H,19,22)(H2,18,20,21);1H. The third kappa shape index (κ3) is 9.37. The van der Waals surface area contributed by atoms with E-state index in [9.17, 15) is 4.79 Å². The molecule has 5 nitrogen and oxygen atoms in total. The van der Waals surface area contributed by atoms with E-state index in [2.05, 4.69) is 34.8 Å². The van der Waals surface area contributed by atoms with E-state index in [4.69, 9.17) is 0 Å². The van der Waals surface area contributed by atoms with E-state index in [1.807, 2.05) is 20.8 Å². The molecular weight excluding hydrogens is 403 g/mol. The molecule has 0 aromatic carbocycles. The maximum atomic E-state index is 11.8. The summed E-state index contributed by atoms with van der Waals surface area (Å²) in [5, 5.41) is 9.74. The van der Waals surface area contributed by atoms with Gasteiger partial charge in [-0.25, -0.2) is 0 Å². The summed E-state index contributed by atoms with van der Waals surface area (Å²) in [6.45, 7) is 12.2. The summed E-state index contributed by atoms with van der Waals surface area (Å²) in [5.41, 5.74) is -0.342. The van der Waals surface area contributed by atoms with Crippen LogP contribution in [0.15, 0.2) is 4.99 Å². The first-order valence-corrected chi connectivity index (χ1v) is 8.66. The number of nitrogens with one attached hydrogen (secondary N) is 3. The van der Waals surface area contributed by atoms with Gasteiger partial charge in [-0.3, -0.25) is 9.79 Å². The minimum absolute atomic E-state index is 0. The van der Waals surface area contributed by atoms with Gasteiger partial charge < -0.3 is 16.0 Å². The smallest absolute Gasteiger partial charge is 0.225 e. The number of rotatable bonds is 5. The summed E-state index contributed by atoms with van der Waals surface area (Å²) < 4.78 is 0. The lowest BCUT2D eigenvalue weighted by Gasteiger charge is -2.28. The van der Waals surface area contributed by atoms with Gasteiger partial charge in [0.2, 0.25) is 5.91 Å². The zero-order valence-corrected chi connectivity index (χ0v) is 17.7. The molecule has 1 aliphatic rings. The number of guanidine groups is 1. The number of amides is 1. The van der Waals surface area contributed by atoms with E-state index >= 15 is 0 Å². The highest BCUT2D eigenvalue weighted by atomic mass is 127. The topological polar surface area (TPSA) is 65.5 Å². The maximum absolute atomic E-state index is 11.8. The zero-order chi connectivity index (χ0) is 16.6. The van der Waals surface area contributed by atoms with E-state index in [-0.39, 0.29) is 35.3 Å². The van der Waals surface area contributed by atoms with Crippen molar-refractivity contribution in [3.05, 3.63) is 0 Å². The van der Waals surface area contributed by atoms with E-state index in [1.54, 1.807) is 0 Å². The predicted molar refractivity (Wildman–Crippen MR) is 108 cm³/mol. The molecule has 0 radical (unpaired) electrons. The molecular formula is C17H35IN4O. The van der Waals surface area contributed by atoms with Crippen molar-refractivity contribution in [2.24, 2.45) is 16.3 Å². The molecule has 0 aliphatic heterocycles. The van der Waals surface area contributed by atoms with Crippen molar-refractivity contribution in [1.82, 2.24) is 16.0 Å². The molecule has 0 aromatic heterocycles. The van der Waals surface area contributed by atoms with Gasteiger partial charge in [-0.15, -0.1) is 24.0 Å². The molecule has 1 fully saturated rings. The first kappa shape index (κ1) is 22.5. The van der Waals surface area contributed by atoms with Gasteiger partial charge in [-0.2, -0.15) is 0 Å². The minimum atomic E-state index is -0.342. The molecule has 0 unspecified atom stereocenters. The number of hydrogen-bond donors (Lipinski definition) is 3. The molecule has 1 rings (SSSR count). The Labute approximate surface area is 158 Å². The predicted octanol–water partition coefficient (Wildman–Crippen LogP) is 2.90. The van der Waals surface area contributed by atoms with Crippen LogP contribution in [0.2, 0.25) is 0 Å². The lowest BCUT2D eigenvalue weighted by Crippen LogP contribution is -2.45. The first-order valence-electron chi connectivity index (χ1n) is 8.66. The second-order valence-electron chi connectivity index (χ2n) is 7.37. The third-order valence-corrected chi connectivity index (χ3v) is 4.05. The van der Waals surface area contributed by atoms with Crippen molar-refractivity contribution in [3.8, 4) is 0 Å². The second kappa shape index (κ2) is 11.1. The fourth-order valence-corrected chi connectivity index (χ4v) is 2.52. The molecule has 0 spiro atoms. The summed E-state index contributed by atoms with van der Waals surface area (Å²) in [7, 11) is 0. The molecule has 1 amide bonds. The van der Waals surface area contributed by atoms with Gasteiger partial charge in [0.1, 0.15) is 0 Å². The van der Waals surface area contributed by atoms with E-state index in [0.29, 0.717) is 19.1 Å². The quantitative estimate of drug-likeness (QED) is 0.268. The van der Waals surface area contributed by atoms with Crippen LogP contribution in [0.4, 0.5) is 0 Å². The zero-order valence-electron chi connectivity index (χ0n) is 15.4. The molecule has 136 valence electrons. The van der Waals surface area contributed by atoms with Gasteiger partial charge in [-0.05, 0) is 38.5 Å². The van der Waals surface area contributed by atoms with Gasteiger partial charge in [0.25, 0.3) is 0 Å². The van der Waals surface area contributed by atoms with Crippen LogP contribution in [0.1, 0.15) is 60.3 Å². The van der Waals surface area contributed by atoms with E-state index in [1.165, 1.54) is 25.7 Å². The summed E-state index contributed by atoms with van der Waals surface area (Å²) >= 11 is 0. The Morgan fingerprint density at radius 3 is 2.26 bits per heavy atom. The second-order valence-corrected chi connectivity index (χ2v) is 7.37. The van der Waals surface area contributed by atoms with Gasteiger partial charge >= 0.3 is 0 Å². The maximum Gasteiger partial charge on any atom is 0.225 e. The van der Waals surface area contributed by atoms with E-state index in [0.717, 1.165) is 18.4 Å². The van der Waals surface area contributed by atoms with Crippen molar-refractivity contribution in [3.63, 3.8) is 0 Å². The number of carbonyl (C=O) groups is 1. The Balaban J connectivity index is 0.00000484. The molecule has 6 heteroatoms. The van der Waals surface area contributed by atoms with Gasteiger partial charge in [0, 0.05) is 24.5 Å². The van der Waals surface area contributed by atoms with Crippen LogP contribution >= 0.6 is 24.0 Å². The van der Waals surface area contributed by atoms with Gasteiger partial charge in [0.15, 0.2) is 5.96 Å². The molecule has 1 saturated carbocycles. The SMILES string of the molecule is CCNC(=NCCNC(=O)C(C)(C)C)NC1CCC(C)CC1.I. The summed E-state index contributed by atoms with van der Waals surface area (Å²) in [4.78, 5) is 16.4. The van der Waals surface area contributed by atoms with Gasteiger partial charge in [-0.1, -0.05) is 27.7 Å². The number of aliphatic imine (C=N–C) groups is 1. The molecule has 0 saturated heterocycles. The lowest BCUT2D eigenvalue weighted by atomic mass is 9.87. The highest BCUT2D eigenvalue weighted by molar-refractivity contribution is 14.0. The van der Waals surface area contributed by atoms with E-state index < -0.39 is 0 Å². The number of halogens is 1. The normalized spacial score (nSPS) is 22.0. The molecule has 0 bridgehead atoms. The van der Waals surface area contributed by atoms with Crippen molar-refractivity contribution >= 4 is 35.8 Å². The van der Waals surface area contributed by atoms with Crippen LogP contribution < -0.4 is 16.0 Å². The average molecular weight is 438 g/mol. The number of nitrogens with zero attached hydrogens (tertiary/aromatic N) is 1.